The molecule has 1 nitrogen and oxygen atoms in total. The maximum absolute atomic E-state index is 13.8. The van der Waals surface area contributed by atoms with Crippen molar-refractivity contribution in [2.24, 2.45) is 17.8 Å². The Labute approximate surface area is 178 Å². The number of unbranched alkanes of at least 4 members (excludes halogenated alkanes) is 1. The molecule has 3 rings (SSSR count). The van der Waals surface area contributed by atoms with Crippen molar-refractivity contribution in [3.8, 4) is 5.75 Å². The predicted molar refractivity (Wildman–Crippen MR) is 121 cm³/mol. The zero-order chi connectivity index (χ0) is 20.5. The van der Waals surface area contributed by atoms with Gasteiger partial charge in [0, 0.05) is 0 Å². The fourth-order valence-corrected chi connectivity index (χ4v) is 5.38. The van der Waals surface area contributed by atoms with E-state index in [4.69, 9.17) is 4.74 Å². The largest absolute Gasteiger partial charge is 0.494 e. The lowest BCUT2D eigenvalue weighted by atomic mass is 9.76. The summed E-state index contributed by atoms with van der Waals surface area (Å²) >= 11 is 0. The van der Waals surface area contributed by atoms with Crippen LogP contribution in [0.2, 0.25) is 0 Å². The molecule has 0 spiro atoms. The van der Waals surface area contributed by atoms with Crippen molar-refractivity contribution in [3.63, 3.8) is 0 Å². The highest BCUT2D eigenvalue weighted by Crippen LogP contribution is 2.37. The molecule has 1 aromatic rings. The molecule has 29 heavy (non-hydrogen) atoms. The van der Waals surface area contributed by atoms with Crippen molar-refractivity contribution in [2.45, 2.75) is 96.8 Å². The minimum Gasteiger partial charge on any atom is -0.494 e. The SMILES string of the molecule is CCCC[C@H]1CC[C@H](CCC2CC=C(CCc3ccc(OC)c(F)c3)CC2)CC1. The Morgan fingerprint density at radius 3 is 2.28 bits per heavy atom. The number of halogens is 1. The first-order valence-corrected chi connectivity index (χ1v) is 12.2. The number of hydrogen-bond donors (Lipinski definition) is 0. The molecule has 0 aliphatic heterocycles. The Hall–Kier alpha value is -1.31. The average Bonchev–Trinajstić information content (AvgIpc) is 2.76. The molecule has 1 aromatic carbocycles. The molecule has 0 N–H and O–H groups in total. The topological polar surface area (TPSA) is 9.23 Å². The van der Waals surface area contributed by atoms with E-state index in [9.17, 15) is 4.39 Å². The molecule has 0 saturated heterocycles. The molecule has 1 atom stereocenters. The Bertz CT molecular complexity index is 642. The van der Waals surface area contributed by atoms with Crippen LogP contribution in [0.4, 0.5) is 4.39 Å². The first-order valence-electron chi connectivity index (χ1n) is 12.2. The first kappa shape index (κ1) is 22.4. The molecule has 162 valence electrons. The number of hydrogen-bond acceptors (Lipinski definition) is 1. The summed E-state index contributed by atoms with van der Waals surface area (Å²) in [4.78, 5) is 0. The summed E-state index contributed by atoms with van der Waals surface area (Å²) in [6.45, 7) is 2.31. The second-order valence-electron chi connectivity index (χ2n) is 9.58. The van der Waals surface area contributed by atoms with Gasteiger partial charge in [-0.25, -0.2) is 4.39 Å². The third-order valence-corrected chi connectivity index (χ3v) is 7.48. The second kappa shape index (κ2) is 11.8. The van der Waals surface area contributed by atoms with Gasteiger partial charge in [-0.15, -0.1) is 0 Å². The smallest absolute Gasteiger partial charge is 0.165 e. The molecule has 1 saturated carbocycles. The van der Waals surface area contributed by atoms with E-state index in [2.05, 4.69) is 13.0 Å². The summed E-state index contributed by atoms with van der Waals surface area (Å²) < 4.78 is 18.8. The normalized spacial score (nSPS) is 24.9. The van der Waals surface area contributed by atoms with Crippen LogP contribution >= 0.6 is 0 Å². The summed E-state index contributed by atoms with van der Waals surface area (Å²) in [5.74, 6) is 3.02. The van der Waals surface area contributed by atoms with Gasteiger partial charge in [-0.1, -0.05) is 76.0 Å². The summed E-state index contributed by atoms with van der Waals surface area (Å²) in [5, 5.41) is 0. The van der Waals surface area contributed by atoms with Gasteiger partial charge in [-0.05, 0) is 74.0 Å². The molecule has 0 radical (unpaired) electrons. The van der Waals surface area contributed by atoms with E-state index in [0.29, 0.717) is 5.75 Å². The van der Waals surface area contributed by atoms with E-state index in [1.807, 2.05) is 6.07 Å². The lowest BCUT2D eigenvalue weighted by Crippen LogP contribution is -2.16. The van der Waals surface area contributed by atoms with Crippen LogP contribution in [0.1, 0.15) is 96.0 Å². The summed E-state index contributed by atoms with van der Waals surface area (Å²) in [6, 6.07) is 5.36. The third-order valence-electron chi connectivity index (χ3n) is 7.48. The summed E-state index contributed by atoms with van der Waals surface area (Å²) in [7, 11) is 1.51. The van der Waals surface area contributed by atoms with Crippen LogP contribution in [0.5, 0.6) is 5.75 Å². The highest BCUT2D eigenvalue weighted by atomic mass is 19.1. The van der Waals surface area contributed by atoms with E-state index < -0.39 is 0 Å². The van der Waals surface area contributed by atoms with Crippen LogP contribution in [0.15, 0.2) is 29.8 Å². The van der Waals surface area contributed by atoms with Crippen molar-refractivity contribution >= 4 is 0 Å². The van der Waals surface area contributed by atoms with Crippen molar-refractivity contribution < 1.29 is 9.13 Å². The fraction of sp³-hybridized carbons (Fsp3) is 0.704. The first-order chi connectivity index (χ1) is 14.2. The van der Waals surface area contributed by atoms with E-state index in [-0.39, 0.29) is 5.82 Å². The lowest BCUT2D eigenvalue weighted by molar-refractivity contribution is 0.235. The van der Waals surface area contributed by atoms with E-state index in [0.717, 1.165) is 36.2 Å². The standard InChI is InChI=1S/C27H41FO/c1-3-4-5-21-6-8-22(9-7-21)10-11-23-12-14-24(15-13-23)16-17-25-18-19-27(29-2)26(28)20-25/h14,18-23H,3-13,15-17H2,1-2H3/t21-,22-,23?. The van der Waals surface area contributed by atoms with Gasteiger partial charge in [0.25, 0.3) is 0 Å². The highest BCUT2D eigenvalue weighted by molar-refractivity contribution is 5.29. The monoisotopic (exact) mass is 400 g/mol. The second-order valence-corrected chi connectivity index (χ2v) is 9.58. The molecule has 2 aliphatic carbocycles. The molecule has 1 fully saturated rings. The average molecular weight is 401 g/mol. The Kier molecular flexibility index (Phi) is 9.08. The van der Waals surface area contributed by atoms with Crippen molar-refractivity contribution in [1.29, 1.82) is 0 Å². The van der Waals surface area contributed by atoms with Crippen molar-refractivity contribution in [2.75, 3.05) is 7.11 Å². The maximum atomic E-state index is 13.8. The molecule has 0 heterocycles. The maximum Gasteiger partial charge on any atom is 0.165 e. The van der Waals surface area contributed by atoms with Gasteiger partial charge < -0.3 is 4.74 Å². The zero-order valence-electron chi connectivity index (χ0n) is 18.7. The molecule has 0 aromatic heterocycles. The Morgan fingerprint density at radius 1 is 0.931 bits per heavy atom. The van der Waals surface area contributed by atoms with Crippen LogP contribution in [0, 0.1) is 23.6 Å². The number of methoxy groups -OCH3 is 1. The molecule has 0 amide bonds. The lowest BCUT2D eigenvalue weighted by Gasteiger charge is -2.30. The van der Waals surface area contributed by atoms with Crippen LogP contribution < -0.4 is 4.74 Å². The predicted octanol–water partition coefficient (Wildman–Crippen LogP) is 8.27. The van der Waals surface area contributed by atoms with E-state index in [1.165, 1.54) is 84.2 Å². The Morgan fingerprint density at radius 2 is 1.66 bits per heavy atom. The van der Waals surface area contributed by atoms with Crippen LogP contribution in [-0.2, 0) is 6.42 Å². The number of aryl methyl sites for hydroxylation is 1. The van der Waals surface area contributed by atoms with Gasteiger partial charge in [0.15, 0.2) is 11.6 Å². The molecule has 2 heteroatoms. The van der Waals surface area contributed by atoms with Gasteiger partial charge in [-0.3, -0.25) is 0 Å². The molecular weight excluding hydrogens is 359 g/mol. The summed E-state index contributed by atoms with van der Waals surface area (Å²) in [5.41, 5.74) is 2.65. The quantitative estimate of drug-likeness (QED) is 0.359. The highest BCUT2D eigenvalue weighted by Gasteiger charge is 2.22. The van der Waals surface area contributed by atoms with Crippen LogP contribution in [-0.4, -0.2) is 7.11 Å². The van der Waals surface area contributed by atoms with Crippen LogP contribution in [0.3, 0.4) is 0 Å². The number of allylic oxidation sites excluding steroid dienone is 2. The third kappa shape index (κ3) is 7.15. The number of benzene rings is 1. The van der Waals surface area contributed by atoms with Crippen molar-refractivity contribution in [3.05, 3.63) is 41.2 Å². The Balaban J connectivity index is 1.33. The molecule has 0 bridgehead atoms. The molecule has 2 aliphatic rings. The minimum atomic E-state index is -0.248. The number of ether oxygens (including phenoxy) is 1. The van der Waals surface area contributed by atoms with Gasteiger partial charge in [-0.2, -0.15) is 0 Å². The fourth-order valence-electron chi connectivity index (χ4n) is 5.38. The van der Waals surface area contributed by atoms with E-state index in [1.54, 1.807) is 17.7 Å². The van der Waals surface area contributed by atoms with Gasteiger partial charge >= 0.3 is 0 Å². The van der Waals surface area contributed by atoms with Gasteiger partial charge in [0.2, 0.25) is 0 Å². The van der Waals surface area contributed by atoms with Crippen LogP contribution in [0.25, 0.3) is 0 Å². The van der Waals surface area contributed by atoms with Gasteiger partial charge in [0.1, 0.15) is 0 Å². The minimum absolute atomic E-state index is 0.248. The molecular formula is C27H41FO. The van der Waals surface area contributed by atoms with Gasteiger partial charge in [0.05, 0.1) is 7.11 Å². The zero-order valence-corrected chi connectivity index (χ0v) is 18.7. The summed E-state index contributed by atoms with van der Waals surface area (Å²) in [6.07, 6.45) is 21.5. The van der Waals surface area contributed by atoms with Crippen molar-refractivity contribution in [1.82, 2.24) is 0 Å². The van der Waals surface area contributed by atoms with E-state index >= 15 is 0 Å². The molecule has 1 unspecified atom stereocenters. The number of rotatable bonds is 10.